The molecule has 1 aliphatic heterocycles. The molecule has 1 amide bonds. The highest BCUT2D eigenvalue weighted by atomic mass is 16.5. The highest BCUT2D eigenvalue weighted by Gasteiger charge is 2.22. The minimum absolute atomic E-state index is 0.147. The van der Waals surface area contributed by atoms with E-state index in [4.69, 9.17) is 14.5 Å². The van der Waals surface area contributed by atoms with E-state index in [9.17, 15) is 9.59 Å². The van der Waals surface area contributed by atoms with Gasteiger partial charge in [-0.3, -0.25) is 4.79 Å². The number of nitrogens with one attached hydrogen (secondary N) is 1. The van der Waals surface area contributed by atoms with Gasteiger partial charge in [-0.25, -0.2) is 9.78 Å². The van der Waals surface area contributed by atoms with Gasteiger partial charge in [-0.05, 0) is 75.1 Å². The van der Waals surface area contributed by atoms with Gasteiger partial charge in [0.05, 0.1) is 12.2 Å². The molecule has 178 valence electrons. The first-order valence-corrected chi connectivity index (χ1v) is 11.9. The number of carbonyl (C=O) groups excluding carboxylic acids is 2. The number of nitrogens with zero attached hydrogens (tertiary/aromatic N) is 2. The SMILES string of the molecule is CCOC(=O)c1ccc(NC(=O)COc2cccc3ccc(N4CCCCC4CC)nc23)cc1. The highest BCUT2D eigenvalue weighted by Crippen LogP contribution is 2.30. The molecular weight excluding hydrogens is 430 g/mol. The number of pyridine rings is 1. The van der Waals surface area contributed by atoms with Crippen molar-refractivity contribution in [3.8, 4) is 5.75 Å². The summed E-state index contributed by atoms with van der Waals surface area (Å²) in [6.07, 6.45) is 4.72. The van der Waals surface area contributed by atoms with Gasteiger partial charge in [-0.15, -0.1) is 0 Å². The zero-order valence-electron chi connectivity index (χ0n) is 19.8. The fourth-order valence-electron chi connectivity index (χ4n) is 4.36. The van der Waals surface area contributed by atoms with Crippen LogP contribution >= 0.6 is 0 Å². The van der Waals surface area contributed by atoms with Gasteiger partial charge in [0.15, 0.2) is 6.61 Å². The van der Waals surface area contributed by atoms with Crippen LogP contribution in [0, 0.1) is 0 Å². The summed E-state index contributed by atoms with van der Waals surface area (Å²) in [5.74, 6) is 0.860. The lowest BCUT2D eigenvalue weighted by molar-refractivity contribution is -0.118. The fraction of sp³-hybridized carbons (Fsp3) is 0.370. The van der Waals surface area contributed by atoms with Crippen LogP contribution in [0.2, 0.25) is 0 Å². The van der Waals surface area contributed by atoms with Crippen LogP contribution in [0.25, 0.3) is 10.9 Å². The molecule has 1 atom stereocenters. The minimum atomic E-state index is -0.388. The van der Waals surface area contributed by atoms with E-state index in [-0.39, 0.29) is 18.5 Å². The van der Waals surface area contributed by atoms with E-state index in [0.717, 1.165) is 29.7 Å². The van der Waals surface area contributed by atoms with E-state index in [1.54, 1.807) is 31.2 Å². The summed E-state index contributed by atoms with van der Waals surface area (Å²) in [5.41, 5.74) is 1.77. The normalized spacial score (nSPS) is 15.7. The minimum Gasteiger partial charge on any atom is -0.481 e. The molecule has 4 rings (SSSR count). The molecule has 0 spiro atoms. The zero-order chi connectivity index (χ0) is 23.9. The fourth-order valence-corrected chi connectivity index (χ4v) is 4.36. The van der Waals surface area contributed by atoms with Crippen molar-refractivity contribution in [3.63, 3.8) is 0 Å². The molecule has 1 fully saturated rings. The number of piperidine rings is 1. The van der Waals surface area contributed by atoms with Crippen LogP contribution in [-0.4, -0.2) is 42.7 Å². The molecule has 1 N–H and O–H groups in total. The van der Waals surface area contributed by atoms with Crippen LogP contribution in [0.1, 0.15) is 49.9 Å². The van der Waals surface area contributed by atoms with Crippen molar-refractivity contribution < 1.29 is 19.1 Å². The van der Waals surface area contributed by atoms with Crippen molar-refractivity contribution in [3.05, 3.63) is 60.2 Å². The Hall–Kier alpha value is -3.61. The van der Waals surface area contributed by atoms with Crippen LogP contribution in [0.5, 0.6) is 5.75 Å². The largest absolute Gasteiger partial charge is 0.481 e. The maximum absolute atomic E-state index is 12.5. The molecule has 1 aliphatic rings. The van der Waals surface area contributed by atoms with Gasteiger partial charge in [0.2, 0.25) is 0 Å². The second-order valence-electron chi connectivity index (χ2n) is 8.38. The lowest BCUT2D eigenvalue weighted by Gasteiger charge is -2.36. The van der Waals surface area contributed by atoms with Crippen molar-refractivity contribution in [2.75, 3.05) is 30.0 Å². The number of hydrogen-bond donors (Lipinski definition) is 1. The molecule has 3 aromatic rings. The summed E-state index contributed by atoms with van der Waals surface area (Å²) >= 11 is 0. The Labute approximate surface area is 200 Å². The number of aromatic nitrogens is 1. The number of anilines is 2. The van der Waals surface area contributed by atoms with Gasteiger partial charge in [-0.2, -0.15) is 0 Å². The summed E-state index contributed by atoms with van der Waals surface area (Å²) in [5, 5.41) is 3.76. The summed E-state index contributed by atoms with van der Waals surface area (Å²) in [4.78, 5) is 31.6. The second-order valence-corrected chi connectivity index (χ2v) is 8.38. The zero-order valence-corrected chi connectivity index (χ0v) is 19.8. The Balaban J connectivity index is 1.43. The van der Waals surface area contributed by atoms with Gasteiger partial charge in [0.25, 0.3) is 5.91 Å². The van der Waals surface area contributed by atoms with Gasteiger partial charge in [-0.1, -0.05) is 19.1 Å². The molecule has 1 unspecified atom stereocenters. The van der Waals surface area contributed by atoms with Gasteiger partial charge in [0, 0.05) is 23.7 Å². The Morgan fingerprint density at radius 3 is 2.65 bits per heavy atom. The third-order valence-corrected chi connectivity index (χ3v) is 6.10. The van der Waals surface area contributed by atoms with Crippen LogP contribution in [0.15, 0.2) is 54.6 Å². The van der Waals surface area contributed by atoms with Crippen molar-refractivity contribution in [2.24, 2.45) is 0 Å². The monoisotopic (exact) mass is 461 g/mol. The Morgan fingerprint density at radius 1 is 1.06 bits per heavy atom. The van der Waals surface area contributed by atoms with E-state index in [1.807, 2.05) is 18.2 Å². The standard InChI is InChI=1S/C27H31N3O4/c1-3-22-9-5-6-17-30(22)24-16-13-19-8-7-10-23(26(19)29-24)34-18-25(31)28-21-14-11-20(12-15-21)27(32)33-4-2/h7-8,10-16,22H,3-6,9,17-18H2,1-2H3,(H,28,31). The van der Waals surface area contributed by atoms with E-state index in [0.29, 0.717) is 29.6 Å². The number of hydrogen-bond acceptors (Lipinski definition) is 6. The van der Waals surface area contributed by atoms with Crippen molar-refractivity contribution >= 4 is 34.3 Å². The Morgan fingerprint density at radius 2 is 1.88 bits per heavy atom. The number of amides is 1. The molecular formula is C27H31N3O4. The second kappa shape index (κ2) is 11.0. The molecule has 1 aromatic heterocycles. The number of para-hydroxylation sites is 1. The number of esters is 1. The van der Waals surface area contributed by atoms with Crippen LogP contribution < -0.4 is 15.0 Å². The van der Waals surface area contributed by atoms with Gasteiger partial charge >= 0.3 is 5.97 Å². The first-order chi connectivity index (χ1) is 16.6. The molecule has 0 saturated carbocycles. The number of ether oxygens (including phenoxy) is 2. The molecule has 34 heavy (non-hydrogen) atoms. The van der Waals surface area contributed by atoms with E-state index < -0.39 is 0 Å². The van der Waals surface area contributed by atoms with Gasteiger partial charge in [0.1, 0.15) is 17.1 Å². The molecule has 7 heteroatoms. The first kappa shape index (κ1) is 23.5. The van der Waals surface area contributed by atoms with Crippen molar-refractivity contribution in [1.82, 2.24) is 4.98 Å². The molecule has 7 nitrogen and oxygen atoms in total. The van der Waals surface area contributed by atoms with E-state index in [2.05, 4.69) is 29.3 Å². The maximum atomic E-state index is 12.5. The van der Waals surface area contributed by atoms with Crippen molar-refractivity contribution in [2.45, 2.75) is 45.6 Å². The predicted octanol–water partition coefficient (Wildman–Crippen LogP) is 5.20. The maximum Gasteiger partial charge on any atom is 0.338 e. The first-order valence-electron chi connectivity index (χ1n) is 11.9. The number of fused-ring (bicyclic) bond motifs is 1. The summed E-state index contributed by atoms with van der Waals surface area (Å²) in [6, 6.07) is 17.0. The summed E-state index contributed by atoms with van der Waals surface area (Å²) in [7, 11) is 0. The molecule has 2 heterocycles. The van der Waals surface area contributed by atoms with Gasteiger partial charge < -0.3 is 19.7 Å². The molecule has 0 radical (unpaired) electrons. The quantitative estimate of drug-likeness (QED) is 0.465. The van der Waals surface area contributed by atoms with Crippen LogP contribution in [0.3, 0.4) is 0 Å². The molecule has 0 bridgehead atoms. The summed E-state index contributed by atoms with van der Waals surface area (Å²) in [6.45, 7) is 5.16. The highest BCUT2D eigenvalue weighted by molar-refractivity contribution is 5.94. The average Bonchev–Trinajstić information content (AvgIpc) is 2.87. The third-order valence-electron chi connectivity index (χ3n) is 6.10. The number of carbonyl (C=O) groups is 2. The molecule has 2 aromatic carbocycles. The Bertz CT molecular complexity index is 1150. The molecule has 1 saturated heterocycles. The lowest BCUT2D eigenvalue weighted by Crippen LogP contribution is -2.39. The lowest BCUT2D eigenvalue weighted by atomic mass is 10.00. The van der Waals surface area contributed by atoms with Crippen molar-refractivity contribution in [1.29, 1.82) is 0 Å². The topological polar surface area (TPSA) is 80.8 Å². The number of benzene rings is 2. The van der Waals surface area contributed by atoms with Crippen LogP contribution in [-0.2, 0) is 9.53 Å². The molecule has 0 aliphatic carbocycles. The number of rotatable bonds is 8. The van der Waals surface area contributed by atoms with Crippen LogP contribution in [0.4, 0.5) is 11.5 Å². The average molecular weight is 462 g/mol. The Kier molecular flexibility index (Phi) is 7.62. The predicted molar refractivity (Wildman–Crippen MR) is 134 cm³/mol. The van der Waals surface area contributed by atoms with E-state index >= 15 is 0 Å². The van der Waals surface area contributed by atoms with E-state index in [1.165, 1.54) is 19.3 Å². The smallest absolute Gasteiger partial charge is 0.338 e. The summed E-state index contributed by atoms with van der Waals surface area (Å²) < 4.78 is 10.9. The third kappa shape index (κ3) is 5.47.